The number of hydrogen-bond donors (Lipinski definition) is 0. The third kappa shape index (κ3) is 5.63. The molecule has 33 heavy (non-hydrogen) atoms. The van der Waals surface area contributed by atoms with E-state index in [4.69, 9.17) is 49.0 Å². The minimum absolute atomic E-state index is 0.116. The van der Waals surface area contributed by atoms with Crippen LogP contribution in [0.1, 0.15) is 16.7 Å². The number of esters is 1. The van der Waals surface area contributed by atoms with Crippen molar-refractivity contribution in [3.8, 4) is 11.5 Å². The lowest BCUT2D eigenvalue weighted by Crippen LogP contribution is -2.06. The average Bonchev–Trinajstić information content (AvgIpc) is 3.14. The van der Waals surface area contributed by atoms with Crippen molar-refractivity contribution in [2.24, 2.45) is 4.99 Å². The van der Waals surface area contributed by atoms with Gasteiger partial charge in [-0.1, -0.05) is 46.9 Å². The van der Waals surface area contributed by atoms with Crippen molar-refractivity contribution in [1.29, 1.82) is 0 Å². The van der Waals surface area contributed by atoms with E-state index in [2.05, 4.69) is 27.6 Å². The maximum atomic E-state index is 12.4. The van der Waals surface area contributed by atoms with E-state index in [1.165, 1.54) is 7.11 Å². The zero-order chi connectivity index (χ0) is 23.5. The van der Waals surface area contributed by atoms with E-state index < -0.39 is 5.97 Å². The Kier molecular flexibility index (Phi) is 7.48. The summed E-state index contributed by atoms with van der Waals surface area (Å²) in [5.41, 5.74) is 2.14. The number of cyclic esters (lactones) is 1. The Morgan fingerprint density at radius 1 is 1.06 bits per heavy atom. The summed E-state index contributed by atoms with van der Waals surface area (Å²) in [6.07, 6.45) is 1.56. The van der Waals surface area contributed by atoms with Gasteiger partial charge in [-0.2, -0.15) is 0 Å². The summed E-state index contributed by atoms with van der Waals surface area (Å²) in [4.78, 5) is 16.7. The lowest BCUT2D eigenvalue weighted by Gasteiger charge is -2.13. The molecule has 9 heteroatoms. The van der Waals surface area contributed by atoms with Crippen LogP contribution in [0, 0.1) is 3.57 Å². The maximum Gasteiger partial charge on any atom is 0.363 e. The monoisotopic (exact) mass is 613 g/mol. The molecule has 0 bridgehead atoms. The molecule has 0 radical (unpaired) electrons. The molecule has 4 rings (SSSR count). The summed E-state index contributed by atoms with van der Waals surface area (Å²) in [6.45, 7) is 0.258. The number of methoxy groups -OCH3 is 1. The van der Waals surface area contributed by atoms with E-state index in [0.29, 0.717) is 37.7 Å². The highest BCUT2D eigenvalue weighted by Gasteiger charge is 2.26. The first-order valence-electron chi connectivity index (χ1n) is 9.57. The van der Waals surface area contributed by atoms with E-state index in [1.54, 1.807) is 36.4 Å². The first-order chi connectivity index (χ1) is 15.8. The molecular weight excluding hydrogens is 600 g/mol. The predicted octanol–water partition coefficient (Wildman–Crippen LogP) is 7.18. The highest BCUT2D eigenvalue weighted by molar-refractivity contribution is 14.1. The summed E-state index contributed by atoms with van der Waals surface area (Å²) in [5, 5.41) is 1.37. The number of halogens is 4. The van der Waals surface area contributed by atoms with Crippen LogP contribution in [0.15, 0.2) is 65.3 Å². The van der Waals surface area contributed by atoms with E-state index in [-0.39, 0.29) is 18.2 Å². The Balaban J connectivity index is 1.61. The second-order valence-corrected chi connectivity index (χ2v) is 9.41. The van der Waals surface area contributed by atoms with Crippen molar-refractivity contribution >= 4 is 75.3 Å². The molecule has 1 aliphatic heterocycles. The fraction of sp³-hybridized carbons (Fsp3) is 0.0833. The van der Waals surface area contributed by atoms with Gasteiger partial charge in [-0.05, 0) is 82.3 Å². The lowest BCUT2D eigenvalue weighted by molar-refractivity contribution is -0.129. The third-order valence-electron chi connectivity index (χ3n) is 4.61. The molecule has 3 aromatic rings. The zero-order valence-corrected chi connectivity index (χ0v) is 21.5. The van der Waals surface area contributed by atoms with Gasteiger partial charge < -0.3 is 14.2 Å². The summed E-state index contributed by atoms with van der Waals surface area (Å²) in [7, 11) is 1.51. The van der Waals surface area contributed by atoms with Gasteiger partial charge in [0.05, 0.1) is 22.7 Å². The molecule has 5 nitrogen and oxygen atoms in total. The SMILES string of the molecule is COc1cc(/C=C2\N=C(c3cc(I)ccc3Cl)OC2=O)cc(Cl)c1OCc1cccc(Cl)c1. The average molecular weight is 615 g/mol. The third-order valence-corrected chi connectivity index (χ3v) is 6.12. The highest BCUT2D eigenvalue weighted by Crippen LogP contribution is 2.38. The number of hydrogen-bond acceptors (Lipinski definition) is 5. The first kappa shape index (κ1) is 23.9. The molecule has 0 spiro atoms. The van der Waals surface area contributed by atoms with Crippen molar-refractivity contribution in [2.75, 3.05) is 7.11 Å². The lowest BCUT2D eigenvalue weighted by atomic mass is 10.1. The normalized spacial score (nSPS) is 14.3. The summed E-state index contributed by atoms with van der Waals surface area (Å²) in [5.74, 6) is 0.350. The van der Waals surface area contributed by atoms with Crippen molar-refractivity contribution < 1.29 is 19.0 Å². The smallest absolute Gasteiger partial charge is 0.363 e. The minimum atomic E-state index is -0.587. The summed E-state index contributed by atoms with van der Waals surface area (Å²) < 4.78 is 17.6. The van der Waals surface area contributed by atoms with E-state index in [1.807, 2.05) is 24.3 Å². The van der Waals surface area contributed by atoms with Crippen LogP contribution < -0.4 is 9.47 Å². The molecule has 0 saturated carbocycles. The Morgan fingerprint density at radius 3 is 2.64 bits per heavy atom. The molecule has 0 aliphatic carbocycles. The predicted molar refractivity (Wildman–Crippen MR) is 139 cm³/mol. The van der Waals surface area contributed by atoms with Gasteiger partial charge in [0.1, 0.15) is 6.61 Å². The van der Waals surface area contributed by atoms with Crippen LogP contribution in [0.25, 0.3) is 6.08 Å². The molecule has 0 amide bonds. The maximum absolute atomic E-state index is 12.4. The molecule has 0 N–H and O–H groups in total. The van der Waals surface area contributed by atoms with Crippen molar-refractivity contribution in [2.45, 2.75) is 6.61 Å². The van der Waals surface area contributed by atoms with Gasteiger partial charge in [0.25, 0.3) is 0 Å². The van der Waals surface area contributed by atoms with Gasteiger partial charge >= 0.3 is 5.97 Å². The number of benzene rings is 3. The van der Waals surface area contributed by atoms with E-state index in [9.17, 15) is 4.79 Å². The molecule has 168 valence electrons. The van der Waals surface area contributed by atoms with Crippen molar-refractivity contribution in [3.63, 3.8) is 0 Å². The number of rotatable bonds is 6. The molecule has 3 aromatic carbocycles. The van der Waals surface area contributed by atoms with Gasteiger partial charge in [0.2, 0.25) is 5.90 Å². The van der Waals surface area contributed by atoms with Crippen LogP contribution in [0.5, 0.6) is 11.5 Å². The van der Waals surface area contributed by atoms with Crippen LogP contribution in [0.2, 0.25) is 15.1 Å². The number of carbonyl (C=O) groups excluding carboxylic acids is 1. The van der Waals surface area contributed by atoms with Gasteiger partial charge in [0.15, 0.2) is 17.2 Å². The van der Waals surface area contributed by atoms with E-state index >= 15 is 0 Å². The fourth-order valence-electron chi connectivity index (χ4n) is 3.09. The largest absolute Gasteiger partial charge is 0.493 e. The minimum Gasteiger partial charge on any atom is -0.493 e. The number of carbonyl (C=O) groups is 1. The van der Waals surface area contributed by atoms with Crippen molar-refractivity contribution in [3.05, 3.63) is 95.6 Å². The van der Waals surface area contributed by atoms with Crippen molar-refractivity contribution in [1.82, 2.24) is 0 Å². The fourth-order valence-corrected chi connectivity index (χ4v) is 4.27. The second-order valence-electron chi connectivity index (χ2n) is 6.91. The zero-order valence-electron chi connectivity index (χ0n) is 17.1. The standard InChI is InChI=1S/C24H15Cl3INO4/c1-31-21-10-14(8-19(27)22(21)32-12-13-3-2-4-15(25)7-13)9-20-24(30)33-23(29-20)17-11-16(28)5-6-18(17)26/h2-11H,12H2,1H3/b20-9-. The quantitative estimate of drug-likeness (QED) is 0.168. The van der Waals surface area contributed by atoms with Crippen LogP contribution in [0.4, 0.5) is 0 Å². The van der Waals surface area contributed by atoms with Gasteiger partial charge in [0, 0.05) is 8.59 Å². The van der Waals surface area contributed by atoms with Crippen LogP contribution in [0.3, 0.4) is 0 Å². The Morgan fingerprint density at radius 2 is 1.88 bits per heavy atom. The molecule has 1 heterocycles. The summed E-state index contributed by atoms with van der Waals surface area (Å²) >= 11 is 20.9. The summed E-state index contributed by atoms with van der Waals surface area (Å²) in [6, 6.07) is 16.1. The van der Waals surface area contributed by atoms with Gasteiger partial charge in [-0.3, -0.25) is 0 Å². The molecular formula is C24H15Cl3INO4. The van der Waals surface area contributed by atoms with Crippen LogP contribution in [-0.2, 0) is 16.1 Å². The van der Waals surface area contributed by atoms with E-state index in [0.717, 1.165) is 9.13 Å². The van der Waals surface area contributed by atoms with Gasteiger partial charge in [-0.15, -0.1) is 0 Å². The molecule has 0 aromatic heterocycles. The van der Waals surface area contributed by atoms with Crippen LogP contribution in [-0.4, -0.2) is 19.0 Å². The van der Waals surface area contributed by atoms with Crippen LogP contribution >= 0.6 is 57.4 Å². The highest BCUT2D eigenvalue weighted by atomic mass is 127. The second kappa shape index (κ2) is 10.3. The first-order valence-corrected chi connectivity index (χ1v) is 11.8. The Hall–Kier alpha value is -2.26. The molecule has 0 fully saturated rings. The Labute approximate surface area is 219 Å². The number of ether oxygens (including phenoxy) is 3. The number of nitrogens with zero attached hydrogens (tertiary/aromatic N) is 1. The topological polar surface area (TPSA) is 57.1 Å². The molecule has 0 unspecified atom stereocenters. The number of aliphatic imine (C=N–C) groups is 1. The Bertz CT molecular complexity index is 1310. The van der Waals surface area contributed by atoms with Gasteiger partial charge in [-0.25, -0.2) is 9.79 Å². The molecule has 1 aliphatic rings. The molecule has 0 atom stereocenters. The molecule has 0 saturated heterocycles.